The van der Waals surface area contributed by atoms with Gasteiger partial charge in [-0.1, -0.05) is 6.92 Å². The van der Waals surface area contributed by atoms with Crippen LogP contribution in [0.2, 0.25) is 0 Å². The maximum atomic E-state index is 11.2. The second-order valence-electron chi connectivity index (χ2n) is 3.58. The molecule has 0 bridgehead atoms. The van der Waals surface area contributed by atoms with Crippen molar-refractivity contribution >= 4 is 5.78 Å². The molecule has 4 heteroatoms. The molecule has 0 saturated carbocycles. The molecular formula is C10H16N2O2. The zero-order valence-electron chi connectivity index (χ0n) is 8.83. The van der Waals surface area contributed by atoms with E-state index in [1.807, 2.05) is 20.8 Å². The lowest BCUT2D eigenvalue weighted by atomic mass is 10.1. The molecule has 0 aliphatic carbocycles. The first kappa shape index (κ1) is 10.8. The van der Waals surface area contributed by atoms with Crippen molar-refractivity contribution in [3.63, 3.8) is 0 Å². The number of aryl methyl sites for hydroxylation is 1. The average Bonchev–Trinajstić information content (AvgIpc) is 2.45. The Morgan fingerprint density at radius 1 is 1.64 bits per heavy atom. The van der Waals surface area contributed by atoms with E-state index < -0.39 is 0 Å². The van der Waals surface area contributed by atoms with Crippen LogP contribution in [0.1, 0.15) is 38.4 Å². The van der Waals surface area contributed by atoms with Crippen molar-refractivity contribution in [2.75, 3.05) is 0 Å². The van der Waals surface area contributed by atoms with Gasteiger partial charge >= 0.3 is 0 Å². The monoisotopic (exact) mass is 196 g/mol. The molecule has 0 aliphatic rings. The maximum absolute atomic E-state index is 11.2. The molecule has 0 amide bonds. The lowest BCUT2D eigenvalue weighted by Crippen LogP contribution is -2.15. The normalized spacial score (nSPS) is 12.8. The van der Waals surface area contributed by atoms with Crippen LogP contribution in [0, 0.1) is 6.92 Å². The fourth-order valence-corrected chi connectivity index (χ4v) is 1.52. The highest BCUT2D eigenvalue weighted by atomic mass is 16.1. The summed E-state index contributed by atoms with van der Waals surface area (Å²) in [5.41, 5.74) is 0.754. The molecule has 78 valence electrons. The van der Waals surface area contributed by atoms with E-state index in [1.165, 1.54) is 6.07 Å². The number of carbonyl (C=O) groups excluding carboxylic acids is 1. The number of hydrogen-bond acceptors (Lipinski definition) is 2. The molecular weight excluding hydrogens is 180 g/mol. The van der Waals surface area contributed by atoms with E-state index in [9.17, 15) is 9.59 Å². The highest BCUT2D eigenvalue weighted by Gasteiger charge is 2.11. The smallest absolute Gasteiger partial charge is 0.264 e. The van der Waals surface area contributed by atoms with Crippen molar-refractivity contribution in [2.24, 2.45) is 0 Å². The molecule has 0 fully saturated rings. The molecule has 4 nitrogen and oxygen atoms in total. The molecule has 1 N–H and O–H groups in total. The van der Waals surface area contributed by atoms with Gasteiger partial charge in [-0.25, -0.2) is 0 Å². The molecule has 0 unspecified atom stereocenters. The molecule has 1 aromatic rings. The minimum atomic E-state index is -0.113. The second kappa shape index (κ2) is 4.26. The van der Waals surface area contributed by atoms with Gasteiger partial charge in [-0.15, -0.1) is 0 Å². The Labute approximate surface area is 82.9 Å². The first-order valence-electron chi connectivity index (χ1n) is 4.84. The number of nitrogens with one attached hydrogen (secondary N) is 1. The van der Waals surface area contributed by atoms with Gasteiger partial charge < -0.3 is 0 Å². The lowest BCUT2D eigenvalue weighted by molar-refractivity contribution is -0.119. The number of H-pyrrole nitrogens is 1. The predicted molar refractivity (Wildman–Crippen MR) is 54.4 cm³/mol. The fraction of sp³-hybridized carbons (Fsp3) is 0.600. The van der Waals surface area contributed by atoms with Crippen LogP contribution in [-0.2, 0) is 4.79 Å². The molecule has 0 aromatic carbocycles. The fourth-order valence-electron chi connectivity index (χ4n) is 1.52. The summed E-state index contributed by atoms with van der Waals surface area (Å²) in [5, 5.41) is 2.68. The van der Waals surface area contributed by atoms with Gasteiger partial charge in [-0.2, -0.15) is 0 Å². The van der Waals surface area contributed by atoms with Crippen molar-refractivity contribution < 1.29 is 4.79 Å². The first-order chi connectivity index (χ1) is 6.54. The van der Waals surface area contributed by atoms with E-state index >= 15 is 0 Å². The largest absolute Gasteiger partial charge is 0.300 e. The molecule has 1 rings (SSSR count). The van der Waals surface area contributed by atoms with Gasteiger partial charge in [-0.05, 0) is 13.8 Å². The molecule has 1 heterocycles. The van der Waals surface area contributed by atoms with E-state index in [4.69, 9.17) is 0 Å². The number of hydrogen-bond donors (Lipinski definition) is 1. The van der Waals surface area contributed by atoms with Crippen LogP contribution in [0.3, 0.4) is 0 Å². The highest BCUT2D eigenvalue weighted by Crippen LogP contribution is 2.11. The van der Waals surface area contributed by atoms with Gasteiger partial charge in [0, 0.05) is 24.6 Å². The molecule has 14 heavy (non-hydrogen) atoms. The number of carbonyl (C=O) groups is 1. The van der Waals surface area contributed by atoms with E-state index in [1.54, 1.807) is 4.68 Å². The first-order valence-corrected chi connectivity index (χ1v) is 4.84. The summed E-state index contributed by atoms with van der Waals surface area (Å²) in [6.45, 7) is 5.63. The van der Waals surface area contributed by atoms with Crippen LogP contribution in [0.15, 0.2) is 10.9 Å². The zero-order valence-corrected chi connectivity index (χ0v) is 8.83. The van der Waals surface area contributed by atoms with E-state index in [2.05, 4.69) is 5.10 Å². The lowest BCUT2D eigenvalue weighted by Gasteiger charge is -2.13. The number of aromatic amines is 1. The van der Waals surface area contributed by atoms with Crippen LogP contribution in [0.5, 0.6) is 0 Å². The van der Waals surface area contributed by atoms with E-state index in [0.717, 1.165) is 5.69 Å². The number of ketones is 1. The third-order valence-corrected chi connectivity index (χ3v) is 2.31. The molecule has 0 radical (unpaired) electrons. The quantitative estimate of drug-likeness (QED) is 0.791. The Hall–Kier alpha value is -1.32. The van der Waals surface area contributed by atoms with Crippen molar-refractivity contribution in [1.82, 2.24) is 9.78 Å². The summed E-state index contributed by atoms with van der Waals surface area (Å²) in [4.78, 5) is 22.2. The Bertz CT molecular complexity index is 376. The Kier molecular flexibility index (Phi) is 3.28. The molecule has 0 aliphatic heterocycles. The van der Waals surface area contributed by atoms with E-state index in [-0.39, 0.29) is 17.4 Å². The van der Waals surface area contributed by atoms with Crippen molar-refractivity contribution in [3.05, 3.63) is 22.1 Å². The Balaban J connectivity index is 2.79. The number of Topliss-reactive ketones (excluding diaryl/α,β-unsaturated/α-hetero) is 1. The van der Waals surface area contributed by atoms with Gasteiger partial charge in [0.1, 0.15) is 5.78 Å². The third-order valence-electron chi connectivity index (χ3n) is 2.31. The molecule has 1 aromatic heterocycles. The summed E-state index contributed by atoms with van der Waals surface area (Å²) in [6.07, 6.45) is 1.02. The van der Waals surface area contributed by atoms with Gasteiger partial charge in [0.25, 0.3) is 5.56 Å². The van der Waals surface area contributed by atoms with Crippen LogP contribution in [-0.4, -0.2) is 15.6 Å². The van der Waals surface area contributed by atoms with Gasteiger partial charge in [0.2, 0.25) is 0 Å². The summed E-state index contributed by atoms with van der Waals surface area (Å²) < 4.78 is 1.75. The van der Waals surface area contributed by atoms with E-state index in [0.29, 0.717) is 12.8 Å². The minimum absolute atomic E-state index is 0.0325. The van der Waals surface area contributed by atoms with Gasteiger partial charge in [-0.3, -0.25) is 19.4 Å². The van der Waals surface area contributed by atoms with Crippen LogP contribution in [0.4, 0.5) is 0 Å². The van der Waals surface area contributed by atoms with Crippen LogP contribution < -0.4 is 5.56 Å². The molecule has 0 spiro atoms. The standard InChI is InChI=1S/C10H16N2O2/c1-4-9(13)5-7(2)12-8(3)6-10(14)11-12/h6-7H,4-5H2,1-3H3,(H,11,14)/t7-/m1/s1. The summed E-state index contributed by atoms with van der Waals surface area (Å²) in [5.74, 6) is 0.214. The number of rotatable bonds is 4. The van der Waals surface area contributed by atoms with Crippen LogP contribution in [0.25, 0.3) is 0 Å². The van der Waals surface area contributed by atoms with Gasteiger partial charge in [0.15, 0.2) is 0 Å². The summed E-state index contributed by atoms with van der Waals surface area (Å²) >= 11 is 0. The zero-order chi connectivity index (χ0) is 10.7. The maximum Gasteiger partial charge on any atom is 0.264 e. The highest BCUT2D eigenvalue weighted by molar-refractivity contribution is 5.78. The summed E-state index contributed by atoms with van der Waals surface area (Å²) in [7, 11) is 0. The van der Waals surface area contributed by atoms with Crippen molar-refractivity contribution in [1.29, 1.82) is 0 Å². The van der Waals surface area contributed by atoms with Crippen molar-refractivity contribution in [3.8, 4) is 0 Å². The molecule has 0 saturated heterocycles. The average molecular weight is 196 g/mol. The van der Waals surface area contributed by atoms with Gasteiger partial charge in [0.05, 0.1) is 6.04 Å². The topological polar surface area (TPSA) is 54.9 Å². The molecule has 1 atom stereocenters. The van der Waals surface area contributed by atoms with Crippen LogP contribution >= 0.6 is 0 Å². The van der Waals surface area contributed by atoms with Crippen molar-refractivity contribution in [2.45, 2.75) is 39.7 Å². The Morgan fingerprint density at radius 3 is 2.71 bits per heavy atom. The summed E-state index contributed by atoms with van der Waals surface area (Å²) in [6, 6.07) is 1.57. The second-order valence-corrected chi connectivity index (χ2v) is 3.58. The SMILES string of the molecule is CCC(=O)C[C@@H](C)n1[nH]c(=O)cc1C. The number of aromatic nitrogens is 2. The predicted octanol–water partition coefficient (Wildman–Crippen LogP) is 1.42. The Morgan fingerprint density at radius 2 is 2.29 bits per heavy atom. The minimum Gasteiger partial charge on any atom is -0.300 e. The number of nitrogens with zero attached hydrogens (tertiary/aromatic N) is 1. The third kappa shape index (κ3) is 2.34.